The summed E-state index contributed by atoms with van der Waals surface area (Å²) in [5.74, 6) is -0.422. The Hall–Kier alpha value is -1.39. The average Bonchev–Trinajstić information content (AvgIpc) is 2.34. The van der Waals surface area contributed by atoms with Gasteiger partial charge in [-0.15, -0.1) is 0 Å². The predicted octanol–water partition coefficient (Wildman–Crippen LogP) is 1.35. The Kier molecular flexibility index (Phi) is 5.82. The topological polar surface area (TPSA) is 75.3 Å². The van der Waals surface area contributed by atoms with Gasteiger partial charge in [0.25, 0.3) is 0 Å². The van der Waals surface area contributed by atoms with Crippen LogP contribution in [0.2, 0.25) is 0 Å². The second-order valence-electron chi connectivity index (χ2n) is 4.80. The van der Waals surface area contributed by atoms with Crippen molar-refractivity contribution in [2.24, 2.45) is 5.73 Å². The summed E-state index contributed by atoms with van der Waals surface area (Å²) in [5, 5.41) is 11.7. The van der Waals surface area contributed by atoms with Crippen LogP contribution in [-0.2, 0) is 11.2 Å². The van der Waals surface area contributed by atoms with Gasteiger partial charge in [0.05, 0.1) is 0 Å². The van der Waals surface area contributed by atoms with Crippen molar-refractivity contribution in [3.05, 3.63) is 35.4 Å². The van der Waals surface area contributed by atoms with Crippen molar-refractivity contribution in [2.45, 2.75) is 32.2 Å². The molecule has 1 atom stereocenters. The Bertz CT molecular complexity index is 374. The minimum Gasteiger partial charge on any atom is -0.480 e. The molecule has 4 heteroatoms. The fourth-order valence-electron chi connectivity index (χ4n) is 1.65. The number of hydrogen-bond acceptors (Lipinski definition) is 3. The van der Waals surface area contributed by atoms with Gasteiger partial charge in [-0.05, 0) is 30.0 Å². The quantitative estimate of drug-likeness (QED) is 0.639. The molecule has 0 aliphatic rings. The van der Waals surface area contributed by atoms with Crippen LogP contribution < -0.4 is 11.1 Å². The molecule has 1 aromatic rings. The van der Waals surface area contributed by atoms with Crippen LogP contribution in [0.4, 0.5) is 0 Å². The molecule has 0 aliphatic heterocycles. The summed E-state index contributed by atoms with van der Waals surface area (Å²) in [7, 11) is 0. The molecule has 0 aliphatic carbocycles. The predicted molar refractivity (Wildman–Crippen MR) is 72.7 cm³/mol. The van der Waals surface area contributed by atoms with Crippen LogP contribution in [0.5, 0.6) is 0 Å². The number of carbonyl (C=O) groups is 1. The van der Waals surface area contributed by atoms with Gasteiger partial charge in [-0.1, -0.05) is 38.1 Å². The monoisotopic (exact) mass is 250 g/mol. The van der Waals surface area contributed by atoms with Crippen LogP contribution in [0.25, 0.3) is 0 Å². The molecule has 0 spiro atoms. The van der Waals surface area contributed by atoms with E-state index in [0.717, 1.165) is 13.0 Å². The van der Waals surface area contributed by atoms with Crippen molar-refractivity contribution < 1.29 is 9.90 Å². The first-order valence-electron chi connectivity index (χ1n) is 6.28. The van der Waals surface area contributed by atoms with E-state index in [4.69, 9.17) is 10.8 Å². The number of nitrogens with two attached hydrogens (primary N) is 1. The van der Waals surface area contributed by atoms with Crippen LogP contribution in [0.1, 0.15) is 30.9 Å². The lowest BCUT2D eigenvalue weighted by atomic mass is 10.0. The van der Waals surface area contributed by atoms with Gasteiger partial charge in [-0.2, -0.15) is 0 Å². The Labute approximate surface area is 108 Å². The molecule has 0 fully saturated rings. The van der Waals surface area contributed by atoms with Crippen LogP contribution in [0, 0.1) is 0 Å². The molecular weight excluding hydrogens is 228 g/mol. The highest BCUT2D eigenvalue weighted by Crippen LogP contribution is 2.14. The highest BCUT2D eigenvalue weighted by molar-refractivity contribution is 5.73. The van der Waals surface area contributed by atoms with E-state index in [0.29, 0.717) is 12.5 Å². The molecule has 0 radical (unpaired) electrons. The van der Waals surface area contributed by atoms with Gasteiger partial charge in [-0.3, -0.25) is 4.79 Å². The maximum atomic E-state index is 10.5. The highest BCUT2D eigenvalue weighted by atomic mass is 16.4. The number of carboxylic acid groups (broad SMARTS) is 1. The number of nitrogens with one attached hydrogen (secondary N) is 1. The Morgan fingerprint density at radius 2 is 1.94 bits per heavy atom. The normalized spacial score (nSPS) is 12.7. The Balaban J connectivity index is 2.29. The van der Waals surface area contributed by atoms with Crippen LogP contribution in [-0.4, -0.2) is 30.2 Å². The van der Waals surface area contributed by atoms with Gasteiger partial charge in [0.2, 0.25) is 0 Å². The lowest BCUT2D eigenvalue weighted by Crippen LogP contribution is -2.40. The Morgan fingerprint density at radius 1 is 1.33 bits per heavy atom. The summed E-state index contributed by atoms with van der Waals surface area (Å²) in [6.07, 6.45) is 0.880. The van der Waals surface area contributed by atoms with E-state index in [-0.39, 0.29) is 0 Å². The molecule has 1 rings (SSSR count). The van der Waals surface area contributed by atoms with Gasteiger partial charge in [0, 0.05) is 6.54 Å². The van der Waals surface area contributed by atoms with E-state index < -0.39 is 12.0 Å². The van der Waals surface area contributed by atoms with Gasteiger partial charge in [-0.25, -0.2) is 0 Å². The average molecular weight is 250 g/mol. The van der Waals surface area contributed by atoms with Crippen molar-refractivity contribution in [3.63, 3.8) is 0 Å². The second-order valence-corrected chi connectivity index (χ2v) is 4.80. The molecule has 0 saturated carbocycles. The third kappa shape index (κ3) is 4.85. The van der Waals surface area contributed by atoms with Crippen LogP contribution in [0.3, 0.4) is 0 Å². The first-order chi connectivity index (χ1) is 8.50. The summed E-state index contributed by atoms with van der Waals surface area (Å²) >= 11 is 0. The van der Waals surface area contributed by atoms with E-state index in [1.165, 1.54) is 11.1 Å². The summed E-state index contributed by atoms with van der Waals surface area (Å²) < 4.78 is 0. The van der Waals surface area contributed by atoms with E-state index in [1.54, 1.807) is 0 Å². The molecule has 100 valence electrons. The van der Waals surface area contributed by atoms with Crippen molar-refractivity contribution in [1.29, 1.82) is 0 Å². The first-order valence-corrected chi connectivity index (χ1v) is 6.28. The number of benzene rings is 1. The van der Waals surface area contributed by atoms with Gasteiger partial charge < -0.3 is 16.2 Å². The van der Waals surface area contributed by atoms with Crippen molar-refractivity contribution in [2.75, 3.05) is 13.1 Å². The Morgan fingerprint density at radius 3 is 2.44 bits per heavy atom. The SMILES string of the molecule is CC(C)c1ccc(CCNCC(N)C(=O)O)cc1. The van der Waals surface area contributed by atoms with Crippen LogP contribution >= 0.6 is 0 Å². The molecule has 1 unspecified atom stereocenters. The fraction of sp³-hybridized carbons (Fsp3) is 0.500. The highest BCUT2D eigenvalue weighted by Gasteiger charge is 2.09. The summed E-state index contributed by atoms with van der Waals surface area (Å²) in [5.41, 5.74) is 7.97. The summed E-state index contributed by atoms with van der Waals surface area (Å²) in [6.45, 7) is 5.38. The number of rotatable bonds is 7. The number of hydrogen-bond donors (Lipinski definition) is 3. The standard InChI is InChI=1S/C14H22N2O2/c1-10(2)12-5-3-11(4-6-12)7-8-16-9-13(15)14(17)18/h3-6,10,13,16H,7-9,15H2,1-2H3,(H,17,18). The third-order valence-corrected chi connectivity index (χ3v) is 2.92. The molecule has 18 heavy (non-hydrogen) atoms. The maximum absolute atomic E-state index is 10.5. The lowest BCUT2D eigenvalue weighted by molar-refractivity contribution is -0.138. The lowest BCUT2D eigenvalue weighted by Gasteiger charge is -2.09. The number of aliphatic carboxylic acids is 1. The van der Waals surface area contributed by atoms with Gasteiger partial charge >= 0.3 is 5.97 Å². The molecule has 0 amide bonds. The first kappa shape index (κ1) is 14.7. The van der Waals surface area contributed by atoms with Gasteiger partial charge in [0.15, 0.2) is 0 Å². The minimum absolute atomic E-state index is 0.305. The molecular formula is C14H22N2O2. The molecule has 0 bridgehead atoms. The zero-order valence-electron chi connectivity index (χ0n) is 11.0. The van der Waals surface area contributed by atoms with E-state index >= 15 is 0 Å². The van der Waals surface area contributed by atoms with Crippen molar-refractivity contribution in [1.82, 2.24) is 5.32 Å². The fourth-order valence-corrected chi connectivity index (χ4v) is 1.65. The van der Waals surface area contributed by atoms with Gasteiger partial charge in [0.1, 0.15) is 6.04 Å². The zero-order valence-corrected chi connectivity index (χ0v) is 11.0. The minimum atomic E-state index is -0.969. The maximum Gasteiger partial charge on any atom is 0.321 e. The van der Waals surface area contributed by atoms with Crippen LogP contribution in [0.15, 0.2) is 24.3 Å². The molecule has 4 N–H and O–H groups in total. The van der Waals surface area contributed by atoms with E-state index in [2.05, 4.69) is 43.4 Å². The third-order valence-electron chi connectivity index (χ3n) is 2.92. The summed E-state index contributed by atoms with van der Waals surface area (Å²) in [6, 6.07) is 7.70. The molecule has 4 nitrogen and oxygen atoms in total. The molecule has 1 aromatic carbocycles. The summed E-state index contributed by atoms with van der Waals surface area (Å²) in [4.78, 5) is 10.5. The molecule has 0 heterocycles. The molecule has 0 aromatic heterocycles. The van der Waals surface area contributed by atoms with E-state index in [9.17, 15) is 4.79 Å². The van der Waals surface area contributed by atoms with Crippen molar-refractivity contribution >= 4 is 5.97 Å². The van der Waals surface area contributed by atoms with Crippen molar-refractivity contribution in [3.8, 4) is 0 Å². The number of carboxylic acids is 1. The largest absolute Gasteiger partial charge is 0.480 e. The van der Waals surface area contributed by atoms with E-state index in [1.807, 2.05) is 0 Å². The molecule has 0 saturated heterocycles. The second kappa shape index (κ2) is 7.13. The zero-order chi connectivity index (χ0) is 13.5. The smallest absolute Gasteiger partial charge is 0.321 e.